The molecule has 6 nitrogen and oxygen atoms in total. The molecule has 2 aromatic carbocycles. The molecule has 0 bridgehead atoms. The maximum absolute atomic E-state index is 6.08. The van der Waals surface area contributed by atoms with Gasteiger partial charge < -0.3 is 16.8 Å². The third-order valence-electron chi connectivity index (χ3n) is 6.20. The van der Waals surface area contributed by atoms with Crippen molar-refractivity contribution in [2.45, 2.75) is 44.6 Å². The maximum atomic E-state index is 6.08. The van der Waals surface area contributed by atoms with Crippen molar-refractivity contribution in [3.63, 3.8) is 0 Å². The monoisotopic (exact) mass is 412 g/mol. The molecule has 1 fully saturated rings. The molecule has 0 saturated heterocycles. The minimum absolute atomic E-state index is 0.321. The van der Waals surface area contributed by atoms with Gasteiger partial charge in [-0.15, -0.1) is 5.10 Å². The fraction of sp³-hybridized carbons (Fsp3) is 0.280. The average Bonchev–Trinajstić information content (AvgIpc) is 3.19. The number of aryl methyl sites for hydroxylation is 1. The van der Waals surface area contributed by atoms with Crippen LogP contribution in [0, 0.1) is 6.92 Å². The summed E-state index contributed by atoms with van der Waals surface area (Å²) >= 11 is 0. The van der Waals surface area contributed by atoms with Crippen molar-refractivity contribution in [3.05, 3.63) is 72.1 Å². The second-order valence-corrected chi connectivity index (χ2v) is 8.60. The molecule has 4 aromatic rings. The number of nitrogens with zero attached hydrogens (tertiary/aromatic N) is 3. The molecule has 2 aromatic heterocycles. The molecule has 5 rings (SSSR count). The molecule has 0 atom stereocenters. The summed E-state index contributed by atoms with van der Waals surface area (Å²) in [6, 6.07) is 19.1. The van der Waals surface area contributed by atoms with Crippen LogP contribution in [-0.2, 0) is 0 Å². The fourth-order valence-corrected chi connectivity index (χ4v) is 4.37. The average molecular weight is 413 g/mol. The maximum Gasteiger partial charge on any atom is 0.177 e. The Morgan fingerprint density at radius 1 is 0.935 bits per heavy atom. The molecular weight excluding hydrogens is 384 g/mol. The normalized spacial score (nSPS) is 18.9. The highest BCUT2D eigenvalue weighted by molar-refractivity contribution is 5.77. The van der Waals surface area contributed by atoms with E-state index in [9.17, 15) is 0 Å². The van der Waals surface area contributed by atoms with Gasteiger partial charge in [0, 0.05) is 23.7 Å². The molecular formula is C25H28N6. The Morgan fingerprint density at radius 3 is 2.26 bits per heavy atom. The van der Waals surface area contributed by atoms with Gasteiger partial charge in [0.05, 0.1) is 17.6 Å². The number of nitrogens with two attached hydrogens (primary N) is 2. The number of imidazole rings is 1. The summed E-state index contributed by atoms with van der Waals surface area (Å²) in [7, 11) is 0. The number of nitrogens with one attached hydrogen (secondary N) is 1. The minimum Gasteiger partial charge on any atom is -0.382 e. The van der Waals surface area contributed by atoms with Crippen molar-refractivity contribution < 1.29 is 0 Å². The van der Waals surface area contributed by atoms with Gasteiger partial charge in [0.1, 0.15) is 5.82 Å². The lowest BCUT2D eigenvalue weighted by atomic mass is 9.85. The van der Waals surface area contributed by atoms with E-state index in [-0.39, 0.29) is 0 Å². The first kappa shape index (κ1) is 19.6. The number of rotatable bonds is 4. The third-order valence-corrected chi connectivity index (χ3v) is 6.20. The van der Waals surface area contributed by atoms with Gasteiger partial charge in [0.15, 0.2) is 5.65 Å². The van der Waals surface area contributed by atoms with E-state index in [1.54, 1.807) is 4.52 Å². The number of fused-ring (bicyclic) bond motifs is 1. The molecule has 31 heavy (non-hydrogen) atoms. The van der Waals surface area contributed by atoms with Crippen molar-refractivity contribution in [3.8, 4) is 11.1 Å². The predicted molar refractivity (Wildman–Crippen MR) is 126 cm³/mol. The molecule has 0 amide bonds. The summed E-state index contributed by atoms with van der Waals surface area (Å²) in [5.41, 5.74) is 19.5. The standard InChI is InChI=1S/C25H28N6/c1-16-2-4-17(5-3-16)18-8-12-21(13-9-18)28-22-14-24(27)30-31-15-23(29-25(22)31)19-6-10-20(26)11-7-19/h2-5,8-9,12-15,19-20,28H,6-7,10-11,26H2,1H3,(H2,27,30)/t19-,20-. The second kappa shape index (κ2) is 8.04. The summed E-state index contributed by atoms with van der Waals surface area (Å²) in [6.45, 7) is 2.10. The molecule has 1 aliphatic carbocycles. The molecule has 0 radical (unpaired) electrons. The first-order valence-corrected chi connectivity index (χ1v) is 10.9. The van der Waals surface area contributed by atoms with Crippen LogP contribution in [0.25, 0.3) is 16.8 Å². The van der Waals surface area contributed by atoms with E-state index in [1.807, 2.05) is 12.3 Å². The lowest BCUT2D eigenvalue weighted by Gasteiger charge is -2.24. The van der Waals surface area contributed by atoms with Crippen LogP contribution in [0.3, 0.4) is 0 Å². The Morgan fingerprint density at radius 2 is 1.58 bits per heavy atom. The molecule has 0 spiro atoms. The van der Waals surface area contributed by atoms with Crippen LogP contribution in [0.5, 0.6) is 0 Å². The van der Waals surface area contributed by atoms with E-state index >= 15 is 0 Å². The van der Waals surface area contributed by atoms with Crippen LogP contribution in [0.1, 0.15) is 42.9 Å². The molecule has 158 valence electrons. The SMILES string of the molecule is Cc1ccc(-c2ccc(Nc3cc(N)nn4cc([C@H]5CC[C@H](N)CC5)nc34)cc2)cc1. The second-order valence-electron chi connectivity index (χ2n) is 8.60. The zero-order valence-corrected chi connectivity index (χ0v) is 17.8. The molecule has 2 heterocycles. The quantitative estimate of drug-likeness (QED) is 0.438. The highest BCUT2D eigenvalue weighted by Gasteiger charge is 2.23. The van der Waals surface area contributed by atoms with Crippen molar-refractivity contribution >= 4 is 22.8 Å². The van der Waals surface area contributed by atoms with Gasteiger partial charge in [-0.25, -0.2) is 9.50 Å². The lowest BCUT2D eigenvalue weighted by molar-refractivity contribution is 0.391. The zero-order valence-electron chi connectivity index (χ0n) is 17.8. The Kier molecular flexibility index (Phi) is 5.08. The van der Waals surface area contributed by atoms with Gasteiger partial charge in [-0.05, 0) is 55.9 Å². The van der Waals surface area contributed by atoms with Gasteiger partial charge in [0.2, 0.25) is 0 Å². The first-order valence-electron chi connectivity index (χ1n) is 10.9. The van der Waals surface area contributed by atoms with Crippen LogP contribution in [0.4, 0.5) is 17.2 Å². The number of aromatic nitrogens is 3. The highest BCUT2D eigenvalue weighted by Crippen LogP contribution is 2.33. The molecule has 6 heteroatoms. The first-order chi connectivity index (χ1) is 15.0. The van der Waals surface area contributed by atoms with E-state index in [2.05, 4.69) is 65.9 Å². The van der Waals surface area contributed by atoms with E-state index in [0.717, 1.165) is 48.4 Å². The van der Waals surface area contributed by atoms with Crippen LogP contribution in [0.2, 0.25) is 0 Å². The van der Waals surface area contributed by atoms with Gasteiger partial charge in [-0.2, -0.15) is 0 Å². The number of nitrogen functional groups attached to an aromatic ring is 1. The van der Waals surface area contributed by atoms with Gasteiger partial charge in [-0.1, -0.05) is 42.0 Å². The van der Waals surface area contributed by atoms with Crippen molar-refractivity contribution in [2.75, 3.05) is 11.1 Å². The Hall–Kier alpha value is -3.38. The van der Waals surface area contributed by atoms with E-state index in [4.69, 9.17) is 16.5 Å². The van der Waals surface area contributed by atoms with Crippen molar-refractivity contribution in [1.29, 1.82) is 0 Å². The number of anilines is 3. The van der Waals surface area contributed by atoms with Crippen LogP contribution in [-0.4, -0.2) is 20.6 Å². The minimum atomic E-state index is 0.321. The molecule has 0 unspecified atom stereocenters. The van der Waals surface area contributed by atoms with E-state index in [1.165, 1.54) is 16.7 Å². The topological polar surface area (TPSA) is 94.3 Å². The van der Waals surface area contributed by atoms with Gasteiger partial charge >= 0.3 is 0 Å². The molecule has 1 saturated carbocycles. The summed E-state index contributed by atoms with van der Waals surface area (Å²) in [6.07, 6.45) is 6.26. The van der Waals surface area contributed by atoms with E-state index in [0.29, 0.717) is 17.8 Å². The smallest absolute Gasteiger partial charge is 0.177 e. The Balaban J connectivity index is 1.41. The lowest BCUT2D eigenvalue weighted by Crippen LogP contribution is -2.25. The van der Waals surface area contributed by atoms with Gasteiger partial charge in [-0.3, -0.25) is 0 Å². The van der Waals surface area contributed by atoms with Crippen molar-refractivity contribution in [1.82, 2.24) is 14.6 Å². The number of benzene rings is 2. The summed E-state index contributed by atoms with van der Waals surface area (Å²) in [4.78, 5) is 4.91. The van der Waals surface area contributed by atoms with Crippen LogP contribution < -0.4 is 16.8 Å². The van der Waals surface area contributed by atoms with Gasteiger partial charge in [0.25, 0.3) is 0 Å². The summed E-state index contributed by atoms with van der Waals surface area (Å²) in [5.74, 6) is 0.894. The van der Waals surface area contributed by atoms with Crippen LogP contribution >= 0.6 is 0 Å². The molecule has 5 N–H and O–H groups in total. The summed E-state index contributed by atoms with van der Waals surface area (Å²) in [5, 5.41) is 7.91. The van der Waals surface area contributed by atoms with Crippen molar-refractivity contribution in [2.24, 2.45) is 5.73 Å². The van der Waals surface area contributed by atoms with E-state index < -0.39 is 0 Å². The van der Waals surface area contributed by atoms with Crippen LogP contribution in [0.15, 0.2) is 60.8 Å². The highest BCUT2D eigenvalue weighted by atomic mass is 15.3. The number of hydrogen-bond donors (Lipinski definition) is 3. The Bertz CT molecular complexity index is 1190. The Labute approximate surface area is 182 Å². The largest absolute Gasteiger partial charge is 0.382 e. The fourth-order valence-electron chi connectivity index (χ4n) is 4.37. The molecule has 1 aliphatic rings. The zero-order chi connectivity index (χ0) is 21.4. The predicted octanol–water partition coefficient (Wildman–Crippen LogP) is 5.02. The third kappa shape index (κ3) is 4.11. The summed E-state index contributed by atoms with van der Waals surface area (Å²) < 4.78 is 1.79. The number of hydrogen-bond acceptors (Lipinski definition) is 5. The molecule has 0 aliphatic heterocycles.